The summed E-state index contributed by atoms with van der Waals surface area (Å²) in [5.41, 5.74) is -1.28. The van der Waals surface area contributed by atoms with Crippen LogP contribution in [0.2, 0.25) is 0 Å². The summed E-state index contributed by atoms with van der Waals surface area (Å²) >= 11 is 0. The predicted molar refractivity (Wildman–Crippen MR) is 69.3 cm³/mol. The van der Waals surface area contributed by atoms with Gasteiger partial charge in [0, 0.05) is 12.8 Å². The highest BCUT2D eigenvalue weighted by Gasteiger charge is 2.42. The van der Waals surface area contributed by atoms with Crippen molar-refractivity contribution in [3.05, 3.63) is 34.9 Å². The molecular formula is C15H19F3O2. The van der Waals surface area contributed by atoms with Crippen LogP contribution in [0.15, 0.2) is 18.2 Å². The van der Waals surface area contributed by atoms with Crippen LogP contribution in [0.4, 0.5) is 13.2 Å². The van der Waals surface area contributed by atoms with Gasteiger partial charge in [0.05, 0.1) is 23.4 Å². The minimum atomic E-state index is -4.36. The van der Waals surface area contributed by atoms with Crippen LogP contribution in [0, 0.1) is 6.92 Å². The highest BCUT2D eigenvalue weighted by atomic mass is 19.4. The molecule has 0 bridgehead atoms. The Hall–Kier alpha value is -1.07. The summed E-state index contributed by atoms with van der Waals surface area (Å²) in [5.74, 6) is 0. The van der Waals surface area contributed by atoms with Gasteiger partial charge in [-0.2, -0.15) is 13.2 Å². The number of benzene rings is 1. The Morgan fingerprint density at radius 2 is 1.90 bits per heavy atom. The van der Waals surface area contributed by atoms with Crippen LogP contribution in [0.25, 0.3) is 0 Å². The van der Waals surface area contributed by atoms with Gasteiger partial charge in [0.25, 0.3) is 0 Å². The number of rotatable bonds is 1. The zero-order valence-corrected chi connectivity index (χ0v) is 11.8. The minimum absolute atomic E-state index is 0.367. The van der Waals surface area contributed by atoms with E-state index in [0.29, 0.717) is 30.6 Å². The van der Waals surface area contributed by atoms with E-state index in [9.17, 15) is 18.3 Å². The van der Waals surface area contributed by atoms with Gasteiger partial charge in [-0.25, -0.2) is 0 Å². The fraction of sp³-hybridized carbons (Fsp3) is 0.600. The Bertz CT molecular complexity index is 508. The van der Waals surface area contributed by atoms with Crippen LogP contribution in [0.3, 0.4) is 0 Å². The second kappa shape index (κ2) is 4.74. The monoisotopic (exact) mass is 288 g/mol. The Balaban J connectivity index is 2.38. The second-order valence-corrected chi connectivity index (χ2v) is 6.09. The summed E-state index contributed by atoms with van der Waals surface area (Å²) in [6, 6.07) is 3.51. The molecule has 1 saturated heterocycles. The van der Waals surface area contributed by atoms with Gasteiger partial charge in [-0.3, -0.25) is 0 Å². The molecule has 0 radical (unpaired) electrons. The lowest BCUT2D eigenvalue weighted by atomic mass is 9.77. The molecule has 1 unspecified atom stereocenters. The molecule has 0 amide bonds. The molecular weight excluding hydrogens is 269 g/mol. The molecule has 0 aromatic heterocycles. The van der Waals surface area contributed by atoms with E-state index < -0.39 is 22.9 Å². The molecule has 1 aromatic rings. The summed E-state index contributed by atoms with van der Waals surface area (Å²) in [6.45, 7) is 5.74. The first-order valence-electron chi connectivity index (χ1n) is 6.58. The van der Waals surface area contributed by atoms with Gasteiger partial charge in [0.1, 0.15) is 0 Å². The second-order valence-electron chi connectivity index (χ2n) is 6.09. The van der Waals surface area contributed by atoms with Gasteiger partial charge in [-0.05, 0) is 44.0 Å². The molecule has 1 atom stereocenters. The lowest BCUT2D eigenvalue weighted by molar-refractivity contribution is -0.149. The normalized spacial score (nSPS) is 26.6. The average molecular weight is 288 g/mol. The summed E-state index contributed by atoms with van der Waals surface area (Å²) in [7, 11) is 0. The van der Waals surface area contributed by atoms with Crippen molar-refractivity contribution < 1.29 is 23.0 Å². The Kier molecular flexibility index (Phi) is 3.63. The van der Waals surface area contributed by atoms with Crippen molar-refractivity contribution in [2.75, 3.05) is 6.61 Å². The summed E-state index contributed by atoms with van der Waals surface area (Å²) in [4.78, 5) is 0. The van der Waals surface area contributed by atoms with Gasteiger partial charge in [-0.15, -0.1) is 0 Å². The third kappa shape index (κ3) is 2.99. The highest BCUT2D eigenvalue weighted by Crippen LogP contribution is 2.41. The average Bonchev–Trinajstić information content (AvgIpc) is 2.25. The minimum Gasteiger partial charge on any atom is -0.385 e. The van der Waals surface area contributed by atoms with E-state index in [1.165, 1.54) is 6.07 Å². The van der Waals surface area contributed by atoms with Crippen molar-refractivity contribution in [2.45, 2.75) is 51.0 Å². The molecule has 112 valence electrons. The number of hydrogen-bond acceptors (Lipinski definition) is 2. The van der Waals surface area contributed by atoms with Crippen LogP contribution in [-0.4, -0.2) is 17.3 Å². The van der Waals surface area contributed by atoms with Crippen LogP contribution >= 0.6 is 0 Å². The zero-order valence-electron chi connectivity index (χ0n) is 11.8. The van der Waals surface area contributed by atoms with Crippen LogP contribution < -0.4 is 0 Å². The van der Waals surface area contributed by atoms with E-state index in [2.05, 4.69) is 0 Å². The van der Waals surface area contributed by atoms with Crippen LogP contribution in [0.5, 0.6) is 0 Å². The van der Waals surface area contributed by atoms with Crippen molar-refractivity contribution in [2.24, 2.45) is 0 Å². The molecule has 1 heterocycles. The number of ether oxygens (including phenoxy) is 1. The van der Waals surface area contributed by atoms with E-state index in [0.717, 1.165) is 12.1 Å². The van der Waals surface area contributed by atoms with Crippen molar-refractivity contribution in [1.82, 2.24) is 0 Å². The molecule has 5 heteroatoms. The van der Waals surface area contributed by atoms with Gasteiger partial charge in [0.15, 0.2) is 0 Å². The smallest absolute Gasteiger partial charge is 0.385 e. The first-order valence-corrected chi connectivity index (χ1v) is 6.58. The molecule has 20 heavy (non-hydrogen) atoms. The van der Waals surface area contributed by atoms with Crippen molar-refractivity contribution in [1.29, 1.82) is 0 Å². The van der Waals surface area contributed by atoms with Gasteiger partial charge in [0.2, 0.25) is 0 Å². The quantitative estimate of drug-likeness (QED) is 0.852. The van der Waals surface area contributed by atoms with Crippen molar-refractivity contribution in [3.63, 3.8) is 0 Å². The molecule has 0 aliphatic carbocycles. The van der Waals surface area contributed by atoms with Gasteiger partial charge in [-0.1, -0.05) is 6.07 Å². The molecule has 1 aromatic carbocycles. The molecule has 1 fully saturated rings. The number of aliphatic hydroxyl groups is 1. The number of hydrogen-bond donors (Lipinski definition) is 1. The molecule has 2 rings (SSSR count). The zero-order chi connectivity index (χ0) is 15.2. The molecule has 1 N–H and O–H groups in total. The maximum absolute atomic E-state index is 12.7. The molecule has 2 nitrogen and oxygen atoms in total. The molecule has 1 aliphatic rings. The molecule has 0 spiro atoms. The number of aryl methyl sites for hydroxylation is 1. The van der Waals surface area contributed by atoms with E-state index in [4.69, 9.17) is 4.74 Å². The lowest BCUT2D eigenvalue weighted by Gasteiger charge is -2.42. The maximum Gasteiger partial charge on any atom is 0.416 e. The summed E-state index contributed by atoms with van der Waals surface area (Å²) in [5, 5.41) is 10.8. The first kappa shape index (κ1) is 15.3. The lowest BCUT2D eigenvalue weighted by Crippen LogP contribution is -2.44. The standard InChI is InChI=1S/C15H19F3O2/c1-10-8-11(15(16,17)18)4-5-12(10)14(19)6-7-20-13(2,3)9-14/h4-5,8,19H,6-7,9H2,1-3H3. The first-order chi connectivity index (χ1) is 9.04. The third-order valence-electron chi connectivity index (χ3n) is 3.78. The van der Waals surface area contributed by atoms with E-state index >= 15 is 0 Å². The largest absolute Gasteiger partial charge is 0.416 e. The molecule has 1 aliphatic heterocycles. The van der Waals surface area contributed by atoms with Gasteiger partial charge >= 0.3 is 6.18 Å². The van der Waals surface area contributed by atoms with E-state index in [1.807, 2.05) is 13.8 Å². The Morgan fingerprint density at radius 1 is 1.25 bits per heavy atom. The summed E-state index contributed by atoms with van der Waals surface area (Å²) < 4.78 is 43.6. The van der Waals surface area contributed by atoms with Crippen molar-refractivity contribution in [3.8, 4) is 0 Å². The number of alkyl halides is 3. The topological polar surface area (TPSA) is 29.5 Å². The van der Waals surface area contributed by atoms with E-state index in [1.54, 1.807) is 6.92 Å². The van der Waals surface area contributed by atoms with Gasteiger partial charge < -0.3 is 9.84 Å². The Labute approximate surface area is 116 Å². The fourth-order valence-corrected chi connectivity index (χ4v) is 2.93. The predicted octanol–water partition coefficient (Wildman–Crippen LogP) is 3.79. The van der Waals surface area contributed by atoms with Crippen LogP contribution in [0.1, 0.15) is 43.4 Å². The SMILES string of the molecule is Cc1cc(C(F)(F)F)ccc1C1(O)CCOC(C)(C)C1. The number of halogens is 3. The van der Waals surface area contributed by atoms with E-state index in [-0.39, 0.29) is 0 Å². The Morgan fingerprint density at radius 3 is 2.40 bits per heavy atom. The molecule has 0 saturated carbocycles. The summed E-state index contributed by atoms with van der Waals surface area (Å²) in [6.07, 6.45) is -3.60. The fourth-order valence-electron chi connectivity index (χ4n) is 2.93. The highest BCUT2D eigenvalue weighted by molar-refractivity contribution is 5.37. The maximum atomic E-state index is 12.7. The van der Waals surface area contributed by atoms with Crippen LogP contribution in [-0.2, 0) is 16.5 Å². The third-order valence-corrected chi connectivity index (χ3v) is 3.78. The van der Waals surface area contributed by atoms with Crippen molar-refractivity contribution >= 4 is 0 Å².